The molecule has 0 amide bonds. The van der Waals surface area contributed by atoms with Gasteiger partial charge in [0.25, 0.3) is 0 Å². The van der Waals surface area contributed by atoms with E-state index in [2.05, 4.69) is 58.4 Å². The van der Waals surface area contributed by atoms with Crippen molar-refractivity contribution >= 4 is 29.9 Å². The zero-order valence-corrected chi connectivity index (χ0v) is 19.9. The summed E-state index contributed by atoms with van der Waals surface area (Å²) in [5.41, 5.74) is 3.89. The molecule has 158 valence electrons. The van der Waals surface area contributed by atoms with Crippen molar-refractivity contribution in [2.24, 2.45) is 4.99 Å². The lowest BCUT2D eigenvalue weighted by Gasteiger charge is -2.36. The lowest BCUT2D eigenvalue weighted by atomic mass is 10.0. The van der Waals surface area contributed by atoms with Crippen LogP contribution in [-0.4, -0.2) is 59.7 Å². The second-order valence-electron chi connectivity index (χ2n) is 7.94. The number of aryl methyl sites for hydroxylation is 2. The molecular weight excluding hydrogens is 477 g/mol. The minimum absolute atomic E-state index is 0. The van der Waals surface area contributed by atoms with Crippen molar-refractivity contribution in [2.75, 3.05) is 32.7 Å². The van der Waals surface area contributed by atoms with E-state index in [0.717, 1.165) is 56.7 Å². The highest BCUT2D eigenvalue weighted by Gasteiger charge is 2.40. The summed E-state index contributed by atoms with van der Waals surface area (Å²) < 4.78 is 5.19. The van der Waals surface area contributed by atoms with Crippen molar-refractivity contribution in [3.05, 3.63) is 52.9 Å². The Hall–Kier alpha value is -1.61. The van der Waals surface area contributed by atoms with Gasteiger partial charge in [0.2, 0.25) is 0 Å². The highest BCUT2D eigenvalue weighted by Crippen LogP contribution is 2.42. The summed E-state index contributed by atoms with van der Waals surface area (Å²) in [4.78, 5) is 9.62. The van der Waals surface area contributed by atoms with E-state index in [1.54, 1.807) is 0 Å². The molecule has 0 spiro atoms. The quantitative estimate of drug-likeness (QED) is 0.380. The number of aromatic nitrogens is 1. The van der Waals surface area contributed by atoms with Gasteiger partial charge < -0.3 is 14.7 Å². The Morgan fingerprint density at radius 3 is 2.62 bits per heavy atom. The molecular formula is C22H32IN5O. The Labute approximate surface area is 190 Å². The largest absolute Gasteiger partial charge is 0.361 e. The van der Waals surface area contributed by atoms with Crippen molar-refractivity contribution in [2.45, 2.75) is 45.7 Å². The average molecular weight is 509 g/mol. The molecule has 7 heteroatoms. The van der Waals surface area contributed by atoms with Gasteiger partial charge in [0.1, 0.15) is 5.76 Å². The first-order valence-electron chi connectivity index (χ1n) is 10.4. The Morgan fingerprint density at radius 2 is 1.97 bits per heavy atom. The first kappa shape index (κ1) is 22.1. The summed E-state index contributed by atoms with van der Waals surface area (Å²) >= 11 is 0. The van der Waals surface area contributed by atoms with Gasteiger partial charge in [-0.05, 0) is 38.3 Å². The normalized spacial score (nSPS) is 22.3. The van der Waals surface area contributed by atoms with Crippen molar-refractivity contribution in [1.29, 1.82) is 0 Å². The summed E-state index contributed by atoms with van der Waals surface area (Å²) in [5, 5.41) is 7.85. The second-order valence-corrected chi connectivity index (χ2v) is 7.94. The van der Waals surface area contributed by atoms with Crippen LogP contribution in [0.3, 0.4) is 0 Å². The molecule has 2 heterocycles. The summed E-state index contributed by atoms with van der Waals surface area (Å²) in [5.74, 6) is 2.56. The van der Waals surface area contributed by atoms with Crippen molar-refractivity contribution in [3.8, 4) is 0 Å². The van der Waals surface area contributed by atoms with Gasteiger partial charge in [-0.15, -0.1) is 24.0 Å². The van der Waals surface area contributed by atoms with Crippen LogP contribution in [0.25, 0.3) is 0 Å². The van der Waals surface area contributed by atoms with Crippen LogP contribution in [0.1, 0.15) is 41.8 Å². The molecule has 1 aliphatic carbocycles. The highest BCUT2D eigenvalue weighted by atomic mass is 127. The van der Waals surface area contributed by atoms with Crippen LogP contribution in [-0.2, 0) is 6.54 Å². The van der Waals surface area contributed by atoms with E-state index < -0.39 is 0 Å². The van der Waals surface area contributed by atoms with Crippen LogP contribution in [0.15, 0.2) is 39.8 Å². The molecule has 2 unspecified atom stereocenters. The van der Waals surface area contributed by atoms with Crippen molar-refractivity contribution in [3.63, 3.8) is 0 Å². The maximum absolute atomic E-state index is 5.19. The fourth-order valence-corrected chi connectivity index (χ4v) is 4.09. The van der Waals surface area contributed by atoms with Crippen molar-refractivity contribution < 1.29 is 4.52 Å². The maximum Gasteiger partial charge on any atom is 0.194 e. The first-order valence-corrected chi connectivity index (χ1v) is 10.4. The smallest absolute Gasteiger partial charge is 0.194 e. The van der Waals surface area contributed by atoms with E-state index in [0.29, 0.717) is 12.0 Å². The number of benzene rings is 1. The lowest BCUT2D eigenvalue weighted by molar-refractivity contribution is 0.168. The molecule has 1 saturated carbocycles. The van der Waals surface area contributed by atoms with Crippen LogP contribution in [0, 0.1) is 13.8 Å². The number of guanidine groups is 1. The van der Waals surface area contributed by atoms with Gasteiger partial charge in [0.05, 0.1) is 5.69 Å². The Balaban J connectivity index is 0.00000240. The minimum Gasteiger partial charge on any atom is -0.361 e. The van der Waals surface area contributed by atoms with E-state index >= 15 is 0 Å². The van der Waals surface area contributed by atoms with E-state index in [1.807, 2.05) is 13.0 Å². The molecule has 1 aromatic heterocycles. The minimum atomic E-state index is 0. The number of hydrogen-bond acceptors (Lipinski definition) is 4. The van der Waals surface area contributed by atoms with Crippen LogP contribution in [0.4, 0.5) is 0 Å². The van der Waals surface area contributed by atoms with E-state index in [4.69, 9.17) is 9.52 Å². The molecule has 1 aliphatic heterocycles. The summed E-state index contributed by atoms with van der Waals surface area (Å²) in [6, 6.07) is 11.3. The molecule has 0 bridgehead atoms. The van der Waals surface area contributed by atoms with Gasteiger partial charge in [-0.1, -0.05) is 29.4 Å². The summed E-state index contributed by atoms with van der Waals surface area (Å²) in [6.45, 7) is 11.9. The molecule has 1 N–H and O–H groups in total. The molecule has 2 aliphatic rings. The molecule has 6 nitrogen and oxygen atoms in total. The standard InChI is InChI=1S/C22H31N5O.HI/c1-4-23-22(24-21-14-20(21)19-8-6-5-7-16(19)2)27-11-9-26(10-12-27)15-18-13-17(3)28-25-18;/h5-8,13,20-21H,4,9-12,14-15H2,1-3H3,(H,23,24);1H. The Bertz CT molecular complexity index is 828. The zero-order valence-electron chi connectivity index (χ0n) is 17.6. The van der Waals surface area contributed by atoms with Crippen LogP contribution in [0.2, 0.25) is 0 Å². The second kappa shape index (κ2) is 9.93. The van der Waals surface area contributed by atoms with Crippen molar-refractivity contribution in [1.82, 2.24) is 20.3 Å². The third-order valence-corrected chi connectivity index (χ3v) is 5.73. The van der Waals surface area contributed by atoms with E-state index in [1.165, 1.54) is 17.5 Å². The van der Waals surface area contributed by atoms with Gasteiger partial charge in [-0.25, -0.2) is 0 Å². The number of hydrogen-bond donors (Lipinski definition) is 1. The van der Waals surface area contributed by atoms with E-state index in [-0.39, 0.29) is 24.0 Å². The summed E-state index contributed by atoms with van der Waals surface area (Å²) in [6.07, 6.45) is 1.19. The topological polar surface area (TPSA) is 56.9 Å². The van der Waals surface area contributed by atoms with E-state index in [9.17, 15) is 0 Å². The summed E-state index contributed by atoms with van der Waals surface area (Å²) in [7, 11) is 0. The molecule has 0 radical (unpaired) electrons. The van der Waals surface area contributed by atoms with Gasteiger partial charge in [0, 0.05) is 57.3 Å². The first-order chi connectivity index (χ1) is 13.6. The Kier molecular flexibility index (Phi) is 7.56. The third-order valence-electron chi connectivity index (χ3n) is 5.73. The Morgan fingerprint density at radius 1 is 1.21 bits per heavy atom. The fraction of sp³-hybridized carbons (Fsp3) is 0.545. The number of nitrogens with zero attached hydrogens (tertiary/aromatic N) is 4. The highest BCUT2D eigenvalue weighted by molar-refractivity contribution is 14.0. The number of piperazine rings is 1. The molecule has 2 atom stereocenters. The van der Waals surface area contributed by atoms with Crippen LogP contribution < -0.4 is 5.32 Å². The third kappa shape index (κ3) is 5.51. The molecule has 2 fully saturated rings. The fourth-order valence-electron chi connectivity index (χ4n) is 4.09. The molecule has 2 aromatic rings. The van der Waals surface area contributed by atoms with Gasteiger partial charge >= 0.3 is 0 Å². The molecule has 1 aromatic carbocycles. The van der Waals surface area contributed by atoms with Gasteiger partial charge in [-0.2, -0.15) is 0 Å². The molecule has 1 saturated heterocycles. The molecule has 29 heavy (non-hydrogen) atoms. The van der Waals surface area contributed by atoms with Crippen LogP contribution >= 0.6 is 24.0 Å². The molecule has 4 rings (SSSR count). The maximum atomic E-state index is 5.19. The predicted octanol–water partition coefficient (Wildman–Crippen LogP) is 3.55. The monoisotopic (exact) mass is 509 g/mol. The SMILES string of the molecule is CCN=C(NC1CC1c1ccccc1C)N1CCN(Cc2cc(C)on2)CC1.I. The average Bonchev–Trinajstić information content (AvgIpc) is 3.34. The number of halogens is 1. The number of rotatable bonds is 5. The number of aliphatic imine (C=N–C) groups is 1. The zero-order chi connectivity index (χ0) is 19.5. The van der Waals surface area contributed by atoms with Crippen LogP contribution in [0.5, 0.6) is 0 Å². The number of nitrogens with one attached hydrogen (secondary N) is 1. The van der Waals surface area contributed by atoms with Gasteiger partial charge in [-0.3, -0.25) is 9.89 Å². The van der Waals surface area contributed by atoms with Gasteiger partial charge in [0.15, 0.2) is 5.96 Å². The lowest BCUT2D eigenvalue weighted by Crippen LogP contribution is -2.52. The predicted molar refractivity (Wildman–Crippen MR) is 127 cm³/mol.